The Kier molecular flexibility index (Phi) is 6.39. The summed E-state index contributed by atoms with van der Waals surface area (Å²) in [5, 5.41) is 3.34. The first-order valence-corrected chi connectivity index (χ1v) is 7.32. The second-order valence-corrected chi connectivity index (χ2v) is 6.11. The van der Waals surface area contributed by atoms with Crippen LogP contribution in [-0.2, 0) is 4.79 Å². The Balaban J connectivity index is 0.00000220. The summed E-state index contributed by atoms with van der Waals surface area (Å²) in [6.07, 6.45) is 0.657. The monoisotopic (exact) mass is 329 g/mol. The molecule has 1 atom stereocenters. The van der Waals surface area contributed by atoms with Crippen molar-refractivity contribution < 1.29 is 9.53 Å². The van der Waals surface area contributed by atoms with Gasteiger partial charge in [-0.15, -0.1) is 12.4 Å². The molecular weight excluding hydrogens is 310 g/mol. The third kappa shape index (κ3) is 4.56. The van der Waals surface area contributed by atoms with Crippen molar-refractivity contribution in [2.45, 2.75) is 26.3 Å². The van der Waals surface area contributed by atoms with E-state index < -0.39 is 6.04 Å². The van der Waals surface area contributed by atoms with E-state index in [4.69, 9.17) is 10.5 Å². The van der Waals surface area contributed by atoms with Gasteiger partial charge in [-0.3, -0.25) is 4.79 Å². The summed E-state index contributed by atoms with van der Waals surface area (Å²) in [6.45, 7) is 4.08. The average Bonchev–Trinajstić information content (AvgIpc) is 2.78. The smallest absolute Gasteiger partial charge is 0.243 e. The number of carbonyl (C=O) groups is 1. The number of halogens is 1. The van der Waals surface area contributed by atoms with Crippen LogP contribution in [0.15, 0.2) is 18.2 Å². The first-order valence-electron chi connectivity index (χ1n) is 6.50. The minimum atomic E-state index is -0.503. The molecule has 0 spiro atoms. The SMILES string of the molecule is COc1ccc2nc(NC(=O)[C@@H](N)CC(C)C)sc2c1.Cl. The molecule has 1 heterocycles. The highest BCUT2D eigenvalue weighted by atomic mass is 35.5. The van der Waals surface area contributed by atoms with E-state index in [1.54, 1.807) is 7.11 Å². The molecule has 0 saturated carbocycles. The standard InChI is InChI=1S/C14H19N3O2S.ClH/c1-8(2)6-10(15)13(18)17-14-16-11-5-4-9(19-3)7-12(11)20-14;/h4-5,7-8,10H,6,15H2,1-3H3,(H,16,17,18);1H/t10-;/m0./s1. The van der Waals surface area contributed by atoms with Gasteiger partial charge in [0.25, 0.3) is 0 Å². The number of benzene rings is 1. The molecule has 0 bridgehead atoms. The number of anilines is 1. The van der Waals surface area contributed by atoms with Gasteiger partial charge in [0.2, 0.25) is 5.91 Å². The Bertz CT molecular complexity index is 615. The predicted octanol–water partition coefficient (Wildman–Crippen LogP) is 3.04. The number of rotatable bonds is 5. The number of hydrogen-bond donors (Lipinski definition) is 2. The highest BCUT2D eigenvalue weighted by Crippen LogP contribution is 2.29. The van der Waals surface area contributed by atoms with Gasteiger partial charge in [-0.05, 0) is 30.5 Å². The Hall–Kier alpha value is -1.37. The number of amides is 1. The molecule has 2 rings (SSSR count). The number of thiazole rings is 1. The lowest BCUT2D eigenvalue weighted by atomic mass is 10.0. The molecule has 3 N–H and O–H groups in total. The van der Waals surface area contributed by atoms with Crippen molar-refractivity contribution in [2.24, 2.45) is 11.7 Å². The lowest BCUT2D eigenvalue weighted by Crippen LogP contribution is -2.36. The van der Waals surface area contributed by atoms with Gasteiger partial charge in [-0.2, -0.15) is 0 Å². The molecule has 116 valence electrons. The van der Waals surface area contributed by atoms with Gasteiger partial charge < -0.3 is 15.8 Å². The fraction of sp³-hybridized carbons (Fsp3) is 0.429. The van der Waals surface area contributed by atoms with Crippen molar-refractivity contribution in [3.63, 3.8) is 0 Å². The van der Waals surface area contributed by atoms with Crippen molar-refractivity contribution in [3.8, 4) is 5.75 Å². The summed E-state index contributed by atoms with van der Waals surface area (Å²) in [4.78, 5) is 16.3. The number of fused-ring (bicyclic) bond motifs is 1. The minimum Gasteiger partial charge on any atom is -0.497 e. The molecule has 21 heavy (non-hydrogen) atoms. The molecule has 7 heteroatoms. The maximum atomic E-state index is 12.0. The van der Waals surface area contributed by atoms with E-state index in [0.29, 0.717) is 17.5 Å². The molecule has 0 saturated heterocycles. The van der Waals surface area contributed by atoms with E-state index in [1.807, 2.05) is 32.0 Å². The lowest BCUT2D eigenvalue weighted by Gasteiger charge is -2.12. The van der Waals surface area contributed by atoms with E-state index in [-0.39, 0.29) is 18.3 Å². The largest absolute Gasteiger partial charge is 0.497 e. The second kappa shape index (κ2) is 7.59. The average molecular weight is 330 g/mol. The number of nitrogens with two attached hydrogens (primary N) is 1. The number of carbonyl (C=O) groups excluding carboxylic acids is 1. The fourth-order valence-corrected chi connectivity index (χ4v) is 2.80. The lowest BCUT2D eigenvalue weighted by molar-refractivity contribution is -0.117. The summed E-state index contributed by atoms with van der Waals surface area (Å²) in [5.74, 6) is 0.968. The molecule has 1 aromatic heterocycles. The van der Waals surface area contributed by atoms with Crippen LogP contribution in [-0.4, -0.2) is 24.0 Å². The molecule has 0 aliphatic heterocycles. The van der Waals surface area contributed by atoms with Crippen LogP contribution in [0.25, 0.3) is 10.2 Å². The Labute approximate surface area is 134 Å². The Morgan fingerprint density at radius 1 is 1.48 bits per heavy atom. The van der Waals surface area contributed by atoms with E-state index in [0.717, 1.165) is 16.0 Å². The highest BCUT2D eigenvalue weighted by Gasteiger charge is 2.16. The highest BCUT2D eigenvalue weighted by molar-refractivity contribution is 7.22. The number of hydrogen-bond acceptors (Lipinski definition) is 5. The molecule has 5 nitrogen and oxygen atoms in total. The van der Waals surface area contributed by atoms with Crippen LogP contribution in [0.2, 0.25) is 0 Å². The van der Waals surface area contributed by atoms with Gasteiger partial charge in [0.05, 0.1) is 23.4 Å². The van der Waals surface area contributed by atoms with E-state index in [9.17, 15) is 4.79 Å². The summed E-state index contributed by atoms with van der Waals surface area (Å²) < 4.78 is 6.14. The van der Waals surface area contributed by atoms with Crippen LogP contribution < -0.4 is 15.8 Å². The van der Waals surface area contributed by atoms with Crippen molar-refractivity contribution in [3.05, 3.63) is 18.2 Å². The van der Waals surface area contributed by atoms with Crippen LogP contribution in [0, 0.1) is 5.92 Å². The quantitative estimate of drug-likeness (QED) is 0.883. The second-order valence-electron chi connectivity index (χ2n) is 5.08. The first-order chi connectivity index (χ1) is 9.49. The number of aromatic nitrogens is 1. The maximum Gasteiger partial charge on any atom is 0.243 e. The summed E-state index contributed by atoms with van der Waals surface area (Å²) in [5.41, 5.74) is 6.69. The van der Waals surface area contributed by atoms with Gasteiger partial charge in [-0.25, -0.2) is 4.98 Å². The van der Waals surface area contributed by atoms with E-state index >= 15 is 0 Å². The first kappa shape index (κ1) is 17.7. The summed E-state index contributed by atoms with van der Waals surface area (Å²) in [6, 6.07) is 5.11. The summed E-state index contributed by atoms with van der Waals surface area (Å²) in [7, 11) is 1.62. The van der Waals surface area contributed by atoms with Gasteiger partial charge in [0.1, 0.15) is 5.75 Å². The van der Waals surface area contributed by atoms with Gasteiger partial charge in [0.15, 0.2) is 5.13 Å². The number of nitrogens with one attached hydrogen (secondary N) is 1. The molecule has 1 aromatic carbocycles. The van der Waals surface area contributed by atoms with Crippen LogP contribution in [0.4, 0.5) is 5.13 Å². The number of ether oxygens (including phenoxy) is 1. The van der Waals surface area contributed by atoms with Crippen LogP contribution in [0.5, 0.6) is 5.75 Å². The van der Waals surface area contributed by atoms with Crippen molar-refractivity contribution in [2.75, 3.05) is 12.4 Å². The molecular formula is C14H20ClN3O2S. The zero-order valence-electron chi connectivity index (χ0n) is 12.3. The Morgan fingerprint density at radius 2 is 2.19 bits per heavy atom. The molecule has 1 amide bonds. The van der Waals surface area contributed by atoms with Gasteiger partial charge in [0, 0.05) is 0 Å². The topological polar surface area (TPSA) is 77.2 Å². The summed E-state index contributed by atoms with van der Waals surface area (Å²) >= 11 is 1.41. The maximum absolute atomic E-state index is 12.0. The number of methoxy groups -OCH3 is 1. The molecule has 0 radical (unpaired) electrons. The van der Waals surface area contributed by atoms with Crippen LogP contribution >= 0.6 is 23.7 Å². The van der Waals surface area contributed by atoms with E-state index in [2.05, 4.69) is 10.3 Å². The van der Waals surface area contributed by atoms with Crippen molar-refractivity contribution >= 4 is 45.0 Å². The molecule has 0 aliphatic carbocycles. The number of nitrogens with zero attached hydrogens (tertiary/aromatic N) is 1. The van der Waals surface area contributed by atoms with Crippen LogP contribution in [0.1, 0.15) is 20.3 Å². The van der Waals surface area contributed by atoms with Crippen molar-refractivity contribution in [1.82, 2.24) is 4.98 Å². The molecule has 0 unspecified atom stereocenters. The predicted molar refractivity (Wildman–Crippen MR) is 89.5 cm³/mol. The van der Waals surface area contributed by atoms with Crippen molar-refractivity contribution in [1.29, 1.82) is 0 Å². The third-order valence-electron chi connectivity index (χ3n) is 2.89. The zero-order chi connectivity index (χ0) is 14.7. The van der Waals surface area contributed by atoms with Crippen LogP contribution in [0.3, 0.4) is 0 Å². The zero-order valence-corrected chi connectivity index (χ0v) is 13.9. The van der Waals surface area contributed by atoms with E-state index in [1.165, 1.54) is 11.3 Å². The molecule has 0 fully saturated rings. The molecule has 0 aliphatic rings. The normalized spacial score (nSPS) is 12.0. The third-order valence-corrected chi connectivity index (χ3v) is 3.82. The fourth-order valence-electron chi connectivity index (χ4n) is 1.90. The molecule has 2 aromatic rings. The van der Waals surface area contributed by atoms with Gasteiger partial charge in [-0.1, -0.05) is 25.2 Å². The minimum absolute atomic E-state index is 0. The van der Waals surface area contributed by atoms with Gasteiger partial charge >= 0.3 is 0 Å². The Morgan fingerprint density at radius 3 is 2.81 bits per heavy atom.